The molecule has 2 rings (SSSR count). The lowest BCUT2D eigenvalue weighted by atomic mass is 10.4. The van der Waals surface area contributed by atoms with Gasteiger partial charge in [-0.1, -0.05) is 6.08 Å². The van der Waals surface area contributed by atoms with Gasteiger partial charge in [-0.15, -0.1) is 39.4 Å². The van der Waals surface area contributed by atoms with Crippen LogP contribution >= 0.6 is 22.7 Å². The summed E-state index contributed by atoms with van der Waals surface area (Å²) in [7, 11) is 0. The van der Waals surface area contributed by atoms with E-state index in [2.05, 4.69) is 40.7 Å². The van der Waals surface area contributed by atoms with Crippen LogP contribution in [0.4, 0.5) is 0 Å². The second kappa shape index (κ2) is 6.22. The van der Waals surface area contributed by atoms with Crippen molar-refractivity contribution in [1.29, 1.82) is 0 Å². The molecule has 0 amide bonds. The molecule has 2 heterocycles. The SMILES string of the molecule is C=CCN(Cc1ccc(C)s1)Cc1nnc(C)s1. The van der Waals surface area contributed by atoms with Crippen LogP contribution in [0.1, 0.15) is 19.8 Å². The molecule has 0 aromatic carbocycles. The van der Waals surface area contributed by atoms with Gasteiger partial charge in [-0.3, -0.25) is 4.90 Å². The molecule has 0 bridgehead atoms. The van der Waals surface area contributed by atoms with Crippen molar-refractivity contribution in [3.8, 4) is 0 Å². The van der Waals surface area contributed by atoms with E-state index in [9.17, 15) is 0 Å². The molecule has 96 valence electrons. The lowest BCUT2D eigenvalue weighted by molar-refractivity contribution is 0.287. The fourth-order valence-corrected chi connectivity index (χ4v) is 3.44. The van der Waals surface area contributed by atoms with E-state index in [-0.39, 0.29) is 0 Å². The van der Waals surface area contributed by atoms with Crippen molar-refractivity contribution in [2.24, 2.45) is 0 Å². The quantitative estimate of drug-likeness (QED) is 0.759. The zero-order valence-corrected chi connectivity index (χ0v) is 12.4. The molecule has 0 aliphatic carbocycles. The van der Waals surface area contributed by atoms with E-state index >= 15 is 0 Å². The van der Waals surface area contributed by atoms with Crippen molar-refractivity contribution in [1.82, 2.24) is 15.1 Å². The van der Waals surface area contributed by atoms with Gasteiger partial charge in [0.1, 0.15) is 10.0 Å². The molecule has 0 N–H and O–H groups in total. The van der Waals surface area contributed by atoms with Crippen LogP contribution in [0.3, 0.4) is 0 Å². The van der Waals surface area contributed by atoms with E-state index in [0.717, 1.165) is 29.6 Å². The van der Waals surface area contributed by atoms with Gasteiger partial charge in [-0.2, -0.15) is 0 Å². The molecule has 0 spiro atoms. The number of hydrogen-bond acceptors (Lipinski definition) is 5. The molecule has 5 heteroatoms. The van der Waals surface area contributed by atoms with Crippen LogP contribution in [0.5, 0.6) is 0 Å². The Morgan fingerprint density at radius 1 is 1.22 bits per heavy atom. The van der Waals surface area contributed by atoms with Gasteiger partial charge >= 0.3 is 0 Å². The summed E-state index contributed by atoms with van der Waals surface area (Å²) in [6.45, 7) is 10.6. The average Bonchev–Trinajstić information content (AvgIpc) is 2.89. The molecule has 2 aromatic heterocycles. The first-order valence-electron chi connectivity index (χ1n) is 5.85. The molecule has 18 heavy (non-hydrogen) atoms. The lowest BCUT2D eigenvalue weighted by Crippen LogP contribution is -2.22. The molecule has 0 saturated heterocycles. The second-order valence-electron chi connectivity index (χ2n) is 4.19. The van der Waals surface area contributed by atoms with Crippen molar-refractivity contribution in [3.05, 3.63) is 44.6 Å². The fraction of sp³-hybridized carbons (Fsp3) is 0.385. The highest BCUT2D eigenvalue weighted by atomic mass is 32.1. The summed E-state index contributed by atoms with van der Waals surface area (Å²) >= 11 is 3.51. The predicted octanol–water partition coefficient (Wildman–Crippen LogP) is 3.40. The van der Waals surface area contributed by atoms with Crippen LogP contribution < -0.4 is 0 Å². The number of thiophene rings is 1. The van der Waals surface area contributed by atoms with Gasteiger partial charge in [0.25, 0.3) is 0 Å². The number of hydrogen-bond donors (Lipinski definition) is 0. The Kier molecular flexibility index (Phi) is 4.63. The van der Waals surface area contributed by atoms with E-state index in [4.69, 9.17) is 0 Å². The fourth-order valence-electron chi connectivity index (χ4n) is 1.75. The number of aryl methyl sites for hydroxylation is 2. The van der Waals surface area contributed by atoms with Gasteiger partial charge in [-0.25, -0.2) is 0 Å². The van der Waals surface area contributed by atoms with Crippen LogP contribution in [0.2, 0.25) is 0 Å². The Morgan fingerprint density at radius 3 is 2.61 bits per heavy atom. The third-order valence-electron chi connectivity index (χ3n) is 2.49. The molecule has 0 saturated carbocycles. The van der Waals surface area contributed by atoms with Crippen LogP contribution in [0.25, 0.3) is 0 Å². The minimum absolute atomic E-state index is 0.842. The van der Waals surface area contributed by atoms with E-state index < -0.39 is 0 Å². The van der Waals surface area contributed by atoms with Crippen LogP contribution in [-0.4, -0.2) is 21.6 Å². The van der Waals surface area contributed by atoms with Gasteiger partial charge in [-0.05, 0) is 26.0 Å². The molecule has 0 fully saturated rings. The first-order chi connectivity index (χ1) is 8.67. The van der Waals surface area contributed by atoms with E-state index in [1.165, 1.54) is 9.75 Å². The molecule has 0 aliphatic rings. The van der Waals surface area contributed by atoms with Crippen LogP contribution in [-0.2, 0) is 13.1 Å². The molecular weight excluding hydrogens is 262 g/mol. The Labute approximate surface area is 116 Å². The molecule has 0 atom stereocenters. The van der Waals surface area contributed by atoms with Crippen molar-refractivity contribution in [2.75, 3.05) is 6.54 Å². The minimum Gasteiger partial charge on any atom is -0.288 e. The number of nitrogens with zero attached hydrogens (tertiary/aromatic N) is 3. The molecule has 0 unspecified atom stereocenters. The van der Waals surface area contributed by atoms with E-state index in [1.54, 1.807) is 11.3 Å². The standard InChI is InChI=1S/C13H17N3S2/c1-4-7-16(8-12-6-5-10(2)17-12)9-13-15-14-11(3)18-13/h4-6H,1,7-9H2,2-3H3. The summed E-state index contributed by atoms with van der Waals surface area (Å²) in [4.78, 5) is 5.07. The van der Waals surface area contributed by atoms with Crippen LogP contribution in [0, 0.1) is 13.8 Å². The Morgan fingerprint density at radius 2 is 2.06 bits per heavy atom. The largest absolute Gasteiger partial charge is 0.288 e. The summed E-state index contributed by atoms with van der Waals surface area (Å²) in [6.07, 6.45) is 1.94. The smallest absolute Gasteiger partial charge is 0.131 e. The zero-order valence-electron chi connectivity index (χ0n) is 10.7. The van der Waals surface area contributed by atoms with Gasteiger partial charge < -0.3 is 0 Å². The first kappa shape index (κ1) is 13.4. The predicted molar refractivity (Wildman–Crippen MR) is 78.0 cm³/mol. The van der Waals surface area contributed by atoms with Gasteiger partial charge in [0.15, 0.2) is 0 Å². The topological polar surface area (TPSA) is 29.0 Å². The van der Waals surface area contributed by atoms with Gasteiger partial charge in [0.2, 0.25) is 0 Å². The first-order valence-corrected chi connectivity index (χ1v) is 7.48. The van der Waals surface area contributed by atoms with Crippen molar-refractivity contribution < 1.29 is 0 Å². The Hall–Kier alpha value is -1.04. The van der Waals surface area contributed by atoms with E-state index in [1.807, 2.05) is 24.3 Å². The van der Waals surface area contributed by atoms with Crippen molar-refractivity contribution in [3.63, 3.8) is 0 Å². The second-order valence-corrected chi connectivity index (χ2v) is 6.82. The summed E-state index contributed by atoms with van der Waals surface area (Å²) in [5.74, 6) is 0. The maximum absolute atomic E-state index is 4.18. The third-order valence-corrected chi connectivity index (χ3v) is 4.30. The maximum atomic E-state index is 4.18. The van der Waals surface area contributed by atoms with Gasteiger partial charge in [0, 0.05) is 22.8 Å². The average molecular weight is 279 g/mol. The van der Waals surface area contributed by atoms with Crippen molar-refractivity contribution >= 4 is 22.7 Å². The zero-order chi connectivity index (χ0) is 13.0. The minimum atomic E-state index is 0.842. The molecule has 2 aromatic rings. The third kappa shape index (κ3) is 3.73. The molecule has 0 radical (unpaired) electrons. The number of rotatable bonds is 6. The highest BCUT2D eigenvalue weighted by molar-refractivity contribution is 7.12. The monoisotopic (exact) mass is 279 g/mol. The summed E-state index contributed by atoms with van der Waals surface area (Å²) < 4.78 is 0. The maximum Gasteiger partial charge on any atom is 0.131 e. The lowest BCUT2D eigenvalue weighted by Gasteiger charge is -2.17. The molecule has 0 aliphatic heterocycles. The summed E-state index contributed by atoms with van der Waals surface area (Å²) in [5, 5.41) is 10.3. The highest BCUT2D eigenvalue weighted by Gasteiger charge is 2.10. The normalized spacial score (nSPS) is 11.1. The summed E-state index contributed by atoms with van der Waals surface area (Å²) in [5.41, 5.74) is 0. The van der Waals surface area contributed by atoms with Crippen molar-refractivity contribution in [2.45, 2.75) is 26.9 Å². The Bertz CT molecular complexity index is 474. The summed E-state index contributed by atoms with van der Waals surface area (Å²) in [6, 6.07) is 4.36. The number of aromatic nitrogens is 2. The van der Waals surface area contributed by atoms with E-state index in [0.29, 0.717) is 0 Å². The van der Waals surface area contributed by atoms with Crippen LogP contribution in [0.15, 0.2) is 24.8 Å². The molecule has 3 nitrogen and oxygen atoms in total. The molecular formula is C13H17N3S2. The van der Waals surface area contributed by atoms with Gasteiger partial charge in [0.05, 0.1) is 6.54 Å². The Balaban J connectivity index is 2.01. The highest BCUT2D eigenvalue weighted by Crippen LogP contribution is 2.19.